The molecule has 2 bridgehead atoms. The maximum atomic E-state index is 13.8. The summed E-state index contributed by atoms with van der Waals surface area (Å²) in [6.07, 6.45) is 2.86. The number of aliphatic hydroxyl groups excluding tert-OH is 1. The number of amides is 3. The van der Waals surface area contributed by atoms with E-state index in [9.17, 15) is 14.4 Å². The number of alkyl halides is 1. The van der Waals surface area contributed by atoms with E-state index in [-0.39, 0.29) is 40.4 Å². The number of nitrogens with one attached hydrogen (secondary N) is 2. The Morgan fingerprint density at radius 1 is 1.21 bits per heavy atom. The van der Waals surface area contributed by atoms with Gasteiger partial charge in [0.15, 0.2) is 0 Å². The summed E-state index contributed by atoms with van der Waals surface area (Å²) in [6.45, 7) is 4.83. The molecule has 0 saturated carbocycles. The molecule has 0 aromatic heterocycles. The number of aliphatic hydroxyl groups is 1. The first kappa shape index (κ1) is 25.5. The van der Waals surface area contributed by atoms with Gasteiger partial charge < -0.3 is 20.6 Å². The minimum atomic E-state index is -0.610. The van der Waals surface area contributed by atoms with Gasteiger partial charge in [-0.3, -0.25) is 14.4 Å². The van der Waals surface area contributed by atoms with Crippen LogP contribution in [0, 0.1) is 11.8 Å². The lowest BCUT2D eigenvalue weighted by Gasteiger charge is -2.35. The zero-order chi connectivity index (χ0) is 24.5. The molecular formula is C25H34BrN3O4S. The predicted molar refractivity (Wildman–Crippen MR) is 136 cm³/mol. The molecule has 3 unspecified atom stereocenters. The first-order valence-corrected chi connectivity index (χ1v) is 13.9. The number of thioether (sulfide) groups is 1. The number of nitrogens with zero attached hydrogens (tertiary/aromatic N) is 1. The molecule has 3 heterocycles. The van der Waals surface area contributed by atoms with Crippen molar-refractivity contribution in [3.63, 3.8) is 0 Å². The maximum absolute atomic E-state index is 13.8. The van der Waals surface area contributed by atoms with Crippen LogP contribution in [0.1, 0.15) is 45.1 Å². The smallest absolute Gasteiger partial charge is 0.244 e. The Hall–Kier alpha value is -1.58. The predicted octanol–water partition coefficient (Wildman–Crippen LogP) is 2.45. The Morgan fingerprint density at radius 3 is 2.62 bits per heavy atom. The molecule has 3 aliphatic rings. The molecule has 9 heteroatoms. The second-order valence-electron chi connectivity index (χ2n) is 9.85. The molecule has 7 nitrogen and oxygen atoms in total. The van der Waals surface area contributed by atoms with Crippen molar-refractivity contribution in [2.45, 2.75) is 73.0 Å². The van der Waals surface area contributed by atoms with Crippen molar-refractivity contribution in [1.29, 1.82) is 0 Å². The van der Waals surface area contributed by atoms with Gasteiger partial charge in [0, 0.05) is 35.8 Å². The molecule has 1 aromatic carbocycles. The number of unbranched alkanes of at least 4 members (excludes halogenated alkanes) is 2. The zero-order valence-electron chi connectivity index (χ0n) is 19.7. The van der Waals surface area contributed by atoms with Crippen molar-refractivity contribution >= 4 is 45.4 Å². The highest BCUT2D eigenvalue weighted by Gasteiger charge is 2.75. The number of benzene rings is 1. The molecule has 3 N–H and O–H groups in total. The van der Waals surface area contributed by atoms with E-state index in [4.69, 9.17) is 5.11 Å². The molecule has 3 aliphatic heterocycles. The number of halogens is 1. The number of rotatable bonds is 10. The fourth-order valence-electron chi connectivity index (χ4n) is 5.81. The standard InChI is InChI=1S/C25H34BrN3O4S/c1-15(2)28-23(32)21-25-13-17(26)20(34-25)18(22(31)27-14-16-9-5-3-6-10-16)19(25)24(33)29(21)11-7-4-8-12-30/h3,5-6,9-10,15,17-21,30H,4,7-8,11-14H2,1-2H3,(H,27,31)(H,28,32)/t17?,18-,19+,20-,21?,25?/m1/s1. The molecule has 34 heavy (non-hydrogen) atoms. The molecule has 3 saturated heterocycles. The van der Waals surface area contributed by atoms with Crippen LogP contribution in [0.4, 0.5) is 0 Å². The van der Waals surface area contributed by atoms with Crippen molar-refractivity contribution in [2.75, 3.05) is 13.2 Å². The van der Waals surface area contributed by atoms with Crippen molar-refractivity contribution in [3.8, 4) is 0 Å². The number of fused-ring (bicyclic) bond motifs is 1. The molecule has 3 fully saturated rings. The fourth-order valence-corrected chi connectivity index (χ4v) is 9.42. The molecular weight excluding hydrogens is 518 g/mol. The topological polar surface area (TPSA) is 98.7 Å². The van der Waals surface area contributed by atoms with Crippen molar-refractivity contribution < 1.29 is 19.5 Å². The average Bonchev–Trinajstić information content (AvgIpc) is 3.39. The molecule has 186 valence electrons. The van der Waals surface area contributed by atoms with E-state index < -0.39 is 22.6 Å². The monoisotopic (exact) mass is 551 g/mol. The Bertz CT molecular complexity index is 917. The van der Waals surface area contributed by atoms with Crippen molar-refractivity contribution in [1.82, 2.24) is 15.5 Å². The third kappa shape index (κ3) is 4.63. The summed E-state index contributed by atoms with van der Waals surface area (Å²) in [5.41, 5.74) is 1.01. The van der Waals surface area contributed by atoms with Crippen molar-refractivity contribution in [3.05, 3.63) is 35.9 Å². The number of carbonyl (C=O) groups is 3. The minimum Gasteiger partial charge on any atom is -0.396 e. The van der Waals surface area contributed by atoms with Gasteiger partial charge in [-0.2, -0.15) is 0 Å². The number of likely N-dealkylation sites (tertiary alicyclic amines) is 1. The van der Waals surface area contributed by atoms with Crippen LogP contribution in [-0.2, 0) is 20.9 Å². The van der Waals surface area contributed by atoms with Gasteiger partial charge in [0.1, 0.15) is 6.04 Å². The third-order valence-electron chi connectivity index (χ3n) is 7.14. The molecule has 4 rings (SSSR count). The van der Waals surface area contributed by atoms with Crippen LogP contribution >= 0.6 is 27.7 Å². The summed E-state index contributed by atoms with van der Waals surface area (Å²) < 4.78 is -0.610. The highest BCUT2D eigenvalue weighted by molar-refractivity contribution is 9.09. The van der Waals surface area contributed by atoms with E-state index in [1.54, 1.807) is 16.7 Å². The Labute approximate surface area is 213 Å². The SMILES string of the molecule is CC(C)NC(=O)C1N(CCCCCO)C(=O)[C@@H]2[C@@H](C(=O)NCc3ccccc3)[C@@H]3SC12CC3Br. The summed E-state index contributed by atoms with van der Waals surface area (Å²) in [6, 6.07) is 9.10. The zero-order valence-corrected chi connectivity index (χ0v) is 22.1. The van der Waals surface area contributed by atoms with Gasteiger partial charge in [0.05, 0.1) is 16.6 Å². The number of hydrogen-bond donors (Lipinski definition) is 3. The third-order valence-corrected chi connectivity index (χ3v) is 10.4. The summed E-state index contributed by atoms with van der Waals surface area (Å²) in [7, 11) is 0. The first-order chi connectivity index (χ1) is 16.3. The van der Waals surface area contributed by atoms with Crippen LogP contribution < -0.4 is 10.6 Å². The quantitative estimate of drug-likeness (QED) is 0.306. The van der Waals surface area contributed by atoms with Gasteiger partial charge in [-0.25, -0.2) is 0 Å². The molecule has 6 atom stereocenters. The second-order valence-corrected chi connectivity index (χ2v) is 12.6. The minimum absolute atomic E-state index is 0.0392. The number of carbonyl (C=O) groups excluding carboxylic acids is 3. The van der Waals surface area contributed by atoms with Gasteiger partial charge in [0.25, 0.3) is 0 Å². The van der Waals surface area contributed by atoms with E-state index in [0.717, 1.165) is 18.4 Å². The average molecular weight is 553 g/mol. The van der Waals surface area contributed by atoms with E-state index in [1.807, 2.05) is 44.2 Å². The fraction of sp³-hybridized carbons (Fsp3) is 0.640. The highest BCUT2D eigenvalue weighted by atomic mass is 79.9. The molecule has 0 aliphatic carbocycles. The normalized spacial score (nSPS) is 31.7. The van der Waals surface area contributed by atoms with Crippen LogP contribution in [-0.4, -0.2) is 67.8 Å². The molecule has 1 spiro atoms. The largest absolute Gasteiger partial charge is 0.396 e. The lowest BCUT2D eigenvalue weighted by Crippen LogP contribution is -2.55. The summed E-state index contributed by atoms with van der Waals surface area (Å²) in [5, 5.41) is 15.2. The van der Waals surface area contributed by atoms with E-state index in [2.05, 4.69) is 26.6 Å². The van der Waals surface area contributed by atoms with Crippen LogP contribution in [0.15, 0.2) is 30.3 Å². The summed E-state index contributed by atoms with van der Waals surface area (Å²) in [4.78, 5) is 42.5. The Kier molecular flexibility index (Phi) is 7.94. The molecule has 3 amide bonds. The van der Waals surface area contributed by atoms with Gasteiger partial charge in [-0.05, 0) is 45.1 Å². The van der Waals surface area contributed by atoms with E-state index in [1.165, 1.54) is 0 Å². The van der Waals surface area contributed by atoms with Gasteiger partial charge in [-0.15, -0.1) is 11.8 Å². The molecule has 1 aromatic rings. The van der Waals surface area contributed by atoms with Gasteiger partial charge >= 0.3 is 0 Å². The van der Waals surface area contributed by atoms with Crippen LogP contribution in [0.25, 0.3) is 0 Å². The van der Waals surface area contributed by atoms with Gasteiger partial charge in [-0.1, -0.05) is 46.3 Å². The van der Waals surface area contributed by atoms with Gasteiger partial charge in [0.2, 0.25) is 17.7 Å². The van der Waals surface area contributed by atoms with Crippen LogP contribution in [0.3, 0.4) is 0 Å². The van der Waals surface area contributed by atoms with Crippen LogP contribution in [0.5, 0.6) is 0 Å². The lowest BCUT2D eigenvalue weighted by atomic mass is 9.70. The first-order valence-electron chi connectivity index (χ1n) is 12.2. The number of hydrogen-bond acceptors (Lipinski definition) is 5. The molecule has 0 radical (unpaired) electrons. The van der Waals surface area contributed by atoms with E-state index >= 15 is 0 Å². The highest BCUT2D eigenvalue weighted by Crippen LogP contribution is 2.67. The lowest BCUT2D eigenvalue weighted by molar-refractivity contribution is -0.140. The Balaban J connectivity index is 1.60. The summed E-state index contributed by atoms with van der Waals surface area (Å²) >= 11 is 5.44. The second kappa shape index (κ2) is 10.6. The van der Waals surface area contributed by atoms with E-state index in [0.29, 0.717) is 25.9 Å². The Morgan fingerprint density at radius 2 is 1.94 bits per heavy atom. The van der Waals surface area contributed by atoms with Crippen molar-refractivity contribution in [2.24, 2.45) is 11.8 Å². The van der Waals surface area contributed by atoms with Crippen LogP contribution in [0.2, 0.25) is 0 Å². The maximum Gasteiger partial charge on any atom is 0.244 e. The summed E-state index contributed by atoms with van der Waals surface area (Å²) in [5.74, 6) is -1.31.